The number of aryl methyl sites for hydroxylation is 1. The van der Waals surface area contributed by atoms with Gasteiger partial charge < -0.3 is 0 Å². The normalized spacial score (nSPS) is 10.9. The third kappa shape index (κ3) is 4.35. The summed E-state index contributed by atoms with van der Waals surface area (Å²) >= 11 is 3.65. The maximum atomic E-state index is 5.24. The first-order valence-corrected chi connectivity index (χ1v) is 12.7. The van der Waals surface area contributed by atoms with E-state index in [1.165, 1.54) is 42.5 Å². The summed E-state index contributed by atoms with van der Waals surface area (Å²) in [6.45, 7) is 6.59. The molecule has 5 aromatic rings. The summed E-state index contributed by atoms with van der Waals surface area (Å²) in [6, 6.07) is 34.1. The largest absolute Gasteiger partial charge is 0.235 e. The lowest BCUT2D eigenvalue weighted by molar-refractivity contribution is 1.30. The second kappa shape index (κ2) is 9.30. The molecular weight excluding hydrogens is 438 g/mol. The highest BCUT2D eigenvalue weighted by Gasteiger charge is 2.22. The highest BCUT2D eigenvalue weighted by Crippen LogP contribution is 2.45. The average molecular weight is 464 g/mol. The van der Waals surface area contributed by atoms with Crippen molar-refractivity contribution in [3.63, 3.8) is 0 Å². The summed E-state index contributed by atoms with van der Waals surface area (Å²) in [5.41, 5.74) is 8.47. The molecule has 0 spiro atoms. The molecule has 0 saturated heterocycles. The van der Waals surface area contributed by atoms with Crippen LogP contribution in [0.2, 0.25) is 0 Å². The zero-order valence-electron chi connectivity index (χ0n) is 19.0. The number of benzene rings is 3. The molecule has 0 atom stereocenters. The molecule has 0 aliphatic rings. The van der Waals surface area contributed by atoms with Gasteiger partial charge in [0.05, 0.1) is 10.6 Å². The van der Waals surface area contributed by atoms with Gasteiger partial charge in [0.2, 0.25) is 0 Å². The monoisotopic (exact) mass is 463 g/mol. The van der Waals surface area contributed by atoms with Crippen molar-refractivity contribution in [2.24, 2.45) is 0 Å². The van der Waals surface area contributed by atoms with Crippen LogP contribution in [0.3, 0.4) is 0 Å². The lowest BCUT2D eigenvalue weighted by Crippen LogP contribution is -1.94. The number of aromatic nitrogens is 1. The minimum Gasteiger partial charge on any atom is -0.235 e. The molecule has 0 fully saturated rings. The SMILES string of the molecule is CC(C)=C(c1ccccc1)c1nc(-c2ccccc2)sc1-c1cc(-c2ccccc2)sc1C. The van der Waals surface area contributed by atoms with Crippen LogP contribution in [0.25, 0.3) is 37.0 Å². The van der Waals surface area contributed by atoms with E-state index < -0.39 is 0 Å². The van der Waals surface area contributed by atoms with Crippen molar-refractivity contribution in [3.8, 4) is 31.5 Å². The molecule has 5 rings (SSSR count). The second-order valence-corrected chi connectivity index (χ2v) is 10.5. The van der Waals surface area contributed by atoms with E-state index in [0.29, 0.717) is 0 Å². The van der Waals surface area contributed by atoms with Crippen LogP contribution in [0, 0.1) is 6.92 Å². The Morgan fingerprint density at radius 3 is 1.88 bits per heavy atom. The maximum Gasteiger partial charge on any atom is 0.124 e. The first kappa shape index (κ1) is 21.6. The van der Waals surface area contributed by atoms with Gasteiger partial charge in [0, 0.05) is 26.5 Å². The van der Waals surface area contributed by atoms with Crippen LogP contribution in [0.4, 0.5) is 0 Å². The number of hydrogen-bond acceptors (Lipinski definition) is 3. The fraction of sp³-hybridized carbons (Fsp3) is 0.100. The lowest BCUT2D eigenvalue weighted by Gasteiger charge is -2.11. The van der Waals surface area contributed by atoms with Crippen molar-refractivity contribution in [1.82, 2.24) is 4.98 Å². The number of hydrogen-bond donors (Lipinski definition) is 0. The Hall–Kier alpha value is -3.27. The van der Waals surface area contributed by atoms with Crippen LogP contribution < -0.4 is 0 Å². The van der Waals surface area contributed by atoms with Gasteiger partial charge in [-0.1, -0.05) is 96.6 Å². The number of nitrogens with zero attached hydrogens (tertiary/aromatic N) is 1. The first-order chi connectivity index (χ1) is 16.1. The summed E-state index contributed by atoms with van der Waals surface area (Å²) in [6.07, 6.45) is 0. The Morgan fingerprint density at radius 1 is 0.697 bits per heavy atom. The number of rotatable bonds is 5. The molecule has 0 N–H and O–H groups in total. The van der Waals surface area contributed by atoms with Crippen LogP contribution in [0.5, 0.6) is 0 Å². The van der Waals surface area contributed by atoms with Gasteiger partial charge in [-0.3, -0.25) is 0 Å². The van der Waals surface area contributed by atoms with Crippen LogP contribution in [-0.2, 0) is 0 Å². The van der Waals surface area contributed by atoms with Gasteiger partial charge in [-0.25, -0.2) is 4.98 Å². The molecule has 0 aliphatic carbocycles. The highest BCUT2D eigenvalue weighted by molar-refractivity contribution is 7.20. The van der Waals surface area contributed by atoms with Gasteiger partial charge in [0.25, 0.3) is 0 Å². The third-order valence-electron chi connectivity index (χ3n) is 5.67. The van der Waals surface area contributed by atoms with E-state index >= 15 is 0 Å². The van der Waals surface area contributed by atoms with E-state index in [1.807, 2.05) is 11.3 Å². The molecule has 0 amide bonds. The van der Waals surface area contributed by atoms with E-state index in [-0.39, 0.29) is 0 Å². The van der Waals surface area contributed by atoms with Crippen LogP contribution in [0.1, 0.15) is 30.0 Å². The van der Waals surface area contributed by atoms with E-state index in [0.717, 1.165) is 16.3 Å². The molecule has 0 bridgehead atoms. The van der Waals surface area contributed by atoms with Crippen molar-refractivity contribution >= 4 is 28.2 Å². The van der Waals surface area contributed by atoms with Crippen molar-refractivity contribution < 1.29 is 0 Å². The van der Waals surface area contributed by atoms with Gasteiger partial charge >= 0.3 is 0 Å². The molecule has 1 nitrogen and oxygen atoms in total. The fourth-order valence-corrected chi connectivity index (χ4v) is 6.34. The van der Waals surface area contributed by atoms with E-state index in [9.17, 15) is 0 Å². The van der Waals surface area contributed by atoms with E-state index in [1.54, 1.807) is 11.3 Å². The van der Waals surface area contributed by atoms with E-state index in [4.69, 9.17) is 4.98 Å². The number of thiophene rings is 1. The van der Waals surface area contributed by atoms with Gasteiger partial charge in [0.15, 0.2) is 0 Å². The molecule has 0 radical (unpaired) electrons. The van der Waals surface area contributed by atoms with Gasteiger partial charge in [0.1, 0.15) is 5.01 Å². The van der Waals surface area contributed by atoms with Crippen LogP contribution in [-0.4, -0.2) is 4.98 Å². The van der Waals surface area contributed by atoms with Crippen molar-refractivity contribution in [1.29, 1.82) is 0 Å². The molecule has 0 aliphatic heterocycles. The zero-order valence-corrected chi connectivity index (χ0v) is 20.6. The quantitative estimate of drug-likeness (QED) is 0.253. The van der Waals surface area contributed by atoms with Crippen molar-refractivity contribution in [2.45, 2.75) is 20.8 Å². The summed E-state index contributed by atoms with van der Waals surface area (Å²) in [7, 11) is 0. The molecule has 2 aromatic heterocycles. The second-order valence-electron chi connectivity index (χ2n) is 8.25. The summed E-state index contributed by atoms with van der Waals surface area (Å²) in [4.78, 5) is 9.10. The standard InChI is InChI=1S/C30H25NS2/c1-20(2)27(23-15-9-5-10-16-23)28-29(33-30(31-28)24-17-11-6-12-18-24)25-19-26(32-21(25)3)22-13-7-4-8-14-22/h4-19H,1-3H3. The topological polar surface area (TPSA) is 12.9 Å². The van der Waals surface area contributed by atoms with Gasteiger partial charge in [-0.05, 0) is 38.0 Å². The van der Waals surface area contributed by atoms with Crippen LogP contribution >= 0.6 is 22.7 Å². The van der Waals surface area contributed by atoms with Crippen molar-refractivity contribution in [3.05, 3.63) is 119 Å². The molecule has 162 valence electrons. The minimum atomic E-state index is 1.06. The summed E-state index contributed by atoms with van der Waals surface area (Å²) < 4.78 is 0. The lowest BCUT2D eigenvalue weighted by atomic mass is 9.96. The predicted octanol–water partition coefficient (Wildman–Crippen LogP) is 9.36. The summed E-state index contributed by atoms with van der Waals surface area (Å²) in [5.74, 6) is 0. The Bertz CT molecular complexity index is 1400. The molecule has 0 saturated carbocycles. The van der Waals surface area contributed by atoms with E-state index in [2.05, 4.69) is 118 Å². The molecule has 3 aromatic carbocycles. The Morgan fingerprint density at radius 2 is 1.27 bits per heavy atom. The summed E-state index contributed by atoms with van der Waals surface area (Å²) in [5, 5.41) is 1.06. The van der Waals surface area contributed by atoms with Gasteiger partial charge in [-0.15, -0.1) is 22.7 Å². The van der Waals surface area contributed by atoms with Crippen LogP contribution in [0.15, 0.2) is 103 Å². The average Bonchev–Trinajstić information content (AvgIpc) is 3.44. The Labute approximate surface area is 203 Å². The van der Waals surface area contributed by atoms with Crippen molar-refractivity contribution in [2.75, 3.05) is 0 Å². The molecular formula is C30H25NS2. The third-order valence-corrected chi connectivity index (χ3v) is 7.91. The minimum absolute atomic E-state index is 1.06. The van der Waals surface area contributed by atoms with Gasteiger partial charge in [-0.2, -0.15) is 0 Å². The number of allylic oxidation sites excluding steroid dienone is 1. The molecule has 33 heavy (non-hydrogen) atoms. The highest BCUT2D eigenvalue weighted by atomic mass is 32.1. The first-order valence-electron chi connectivity index (χ1n) is 11.1. The predicted molar refractivity (Wildman–Crippen MR) is 145 cm³/mol. The Kier molecular flexibility index (Phi) is 6.08. The molecule has 0 unspecified atom stereocenters. The number of thiazole rings is 1. The zero-order chi connectivity index (χ0) is 22.8. The fourth-order valence-electron chi connectivity index (χ4n) is 4.10. The maximum absolute atomic E-state index is 5.24. The Balaban J connectivity index is 1.73. The smallest absolute Gasteiger partial charge is 0.124 e. The molecule has 2 heterocycles. The molecule has 3 heteroatoms.